The highest BCUT2D eigenvalue weighted by Gasteiger charge is 2.13. The summed E-state index contributed by atoms with van der Waals surface area (Å²) >= 11 is 4.86. The monoisotopic (exact) mass is 339 g/mol. The lowest BCUT2D eigenvalue weighted by Gasteiger charge is -2.10. The maximum absolute atomic E-state index is 12.1. The number of aryl methyl sites for hydroxylation is 2. The molecule has 0 unspecified atom stereocenters. The van der Waals surface area contributed by atoms with Crippen molar-refractivity contribution < 1.29 is 4.79 Å². The number of carbonyl (C=O) groups is 1. The van der Waals surface area contributed by atoms with Crippen molar-refractivity contribution in [3.05, 3.63) is 43.8 Å². The van der Waals surface area contributed by atoms with Crippen LogP contribution >= 0.6 is 27.3 Å². The number of carbonyl (C=O) groups excluding carboxylic acids is 1. The fourth-order valence-electron chi connectivity index (χ4n) is 1.76. The zero-order valence-electron chi connectivity index (χ0n) is 10.7. The van der Waals surface area contributed by atoms with Gasteiger partial charge in [-0.25, -0.2) is 4.98 Å². The van der Waals surface area contributed by atoms with E-state index in [1.807, 2.05) is 26.0 Å². The highest BCUT2D eigenvalue weighted by Crippen LogP contribution is 2.28. The first-order chi connectivity index (χ1) is 9.01. The van der Waals surface area contributed by atoms with Crippen molar-refractivity contribution in [2.75, 3.05) is 5.32 Å². The van der Waals surface area contributed by atoms with Crippen molar-refractivity contribution in [3.63, 3.8) is 0 Å². The van der Waals surface area contributed by atoms with E-state index in [2.05, 4.69) is 26.2 Å². The van der Waals surface area contributed by atoms with Gasteiger partial charge in [-0.2, -0.15) is 0 Å². The molecule has 0 aliphatic carbocycles. The topological polar surface area (TPSA) is 68.0 Å². The van der Waals surface area contributed by atoms with E-state index in [-0.39, 0.29) is 5.91 Å². The zero-order chi connectivity index (χ0) is 14.0. The molecule has 0 aliphatic rings. The number of nitrogens with one attached hydrogen (secondary N) is 1. The van der Waals surface area contributed by atoms with Crippen molar-refractivity contribution in [2.24, 2.45) is 5.73 Å². The molecule has 0 atom stereocenters. The quantitative estimate of drug-likeness (QED) is 0.901. The third-order valence-corrected chi connectivity index (χ3v) is 4.13. The minimum Gasteiger partial charge on any atom is -0.325 e. The zero-order valence-corrected chi connectivity index (χ0v) is 13.1. The lowest BCUT2D eigenvalue weighted by atomic mass is 10.1. The molecule has 3 N–H and O–H groups in total. The summed E-state index contributed by atoms with van der Waals surface area (Å²) in [5, 5.41) is 5.35. The molecular formula is C13H14BrN3OS. The van der Waals surface area contributed by atoms with E-state index in [4.69, 9.17) is 5.73 Å². The van der Waals surface area contributed by atoms with E-state index in [0.29, 0.717) is 12.2 Å². The van der Waals surface area contributed by atoms with E-state index in [0.717, 1.165) is 26.3 Å². The second kappa shape index (κ2) is 5.81. The van der Waals surface area contributed by atoms with Gasteiger partial charge < -0.3 is 11.1 Å². The molecule has 0 saturated carbocycles. The molecule has 0 fully saturated rings. The second-order valence-electron chi connectivity index (χ2n) is 4.22. The van der Waals surface area contributed by atoms with Gasteiger partial charge in [-0.05, 0) is 47.0 Å². The summed E-state index contributed by atoms with van der Waals surface area (Å²) in [6.45, 7) is 4.32. The summed E-state index contributed by atoms with van der Waals surface area (Å²) in [7, 11) is 0. The molecule has 0 aliphatic heterocycles. The molecule has 1 amide bonds. The summed E-state index contributed by atoms with van der Waals surface area (Å²) in [5.41, 5.74) is 8.81. The molecule has 0 spiro atoms. The van der Waals surface area contributed by atoms with Crippen LogP contribution in [-0.2, 0) is 6.54 Å². The third kappa shape index (κ3) is 3.20. The molecule has 2 aromatic rings. The van der Waals surface area contributed by atoms with E-state index >= 15 is 0 Å². The van der Waals surface area contributed by atoms with Crippen LogP contribution in [-0.4, -0.2) is 10.9 Å². The highest BCUT2D eigenvalue weighted by atomic mass is 79.9. The van der Waals surface area contributed by atoms with Gasteiger partial charge in [0.2, 0.25) is 0 Å². The summed E-state index contributed by atoms with van der Waals surface area (Å²) in [6.07, 6.45) is 0. The van der Waals surface area contributed by atoms with E-state index in [9.17, 15) is 4.79 Å². The maximum atomic E-state index is 12.1. The van der Waals surface area contributed by atoms with Crippen molar-refractivity contribution in [2.45, 2.75) is 20.4 Å². The van der Waals surface area contributed by atoms with E-state index in [1.54, 1.807) is 5.38 Å². The van der Waals surface area contributed by atoms with Gasteiger partial charge in [-0.1, -0.05) is 6.07 Å². The van der Waals surface area contributed by atoms with Gasteiger partial charge in [0.1, 0.15) is 10.7 Å². The molecule has 0 saturated heterocycles. The van der Waals surface area contributed by atoms with Crippen molar-refractivity contribution in [3.8, 4) is 0 Å². The molecule has 19 heavy (non-hydrogen) atoms. The number of thiazole rings is 1. The van der Waals surface area contributed by atoms with Crippen molar-refractivity contribution in [1.82, 2.24) is 4.98 Å². The van der Waals surface area contributed by atoms with Gasteiger partial charge in [0.15, 0.2) is 0 Å². The Morgan fingerprint density at radius 1 is 1.47 bits per heavy atom. The smallest absolute Gasteiger partial charge is 0.275 e. The molecule has 0 radical (unpaired) electrons. The lowest BCUT2D eigenvalue weighted by Crippen LogP contribution is -2.14. The first kappa shape index (κ1) is 14.2. The molecular weight excluding hydrogens is 326 g/mol. The maximum Gasteiger partial charge on any atom is 0.275 e. The first-order valence-electron chi connectivity index (χ1n) is 5.74. The minimum atomic E-state index is -0.219. The Kier molecular flexibility index (Phi) is 4.34. The van der Waals surface area contributed by atoms with Crippen LogP contribution in [0.25, 0.3) is 0 Å². The van der Waals surface area contributed by atoms with Gasteiger partial charge in [-0.15, -0.1) is 11.3 Å². The number of nitrogens with zero attached hydrogens (tertiary/aromatic N) is 1. The SMILES string of the molecule is Cc1cc(C)c(NC(=O)c2csc(CN)n2)c(Br)c1. The Balaban J connectivity index is 2.24. The van der Waals surface area contributed by atoms with Crippen LogP contribution in [0.5, 0.6) is 0 Å². The predicted molar refractivity (Wildman–Crippen MR) is 81.6 cm³/mol. The fourth-order valence-corrected chi connectivity index (χ4v) is 3.19. The van der Waals surface area contributed by atoms with E-state index in [1.165, 1.54) is 11.3 Å². The number of hydrogen-bond donors (Lipinski definition) is 2. The summed E-state index contributed by atoms with van der Waals surface area (Å²) < 4.78 is 0.868. The molecule has 1 aromatic carbocycles. The Hall–Kier alpha value is -1.24. The van der Waals surface area contributed by atoms with Gasteiger partial charge in [0.25, 0.3) is 5.91 Å². The number of benzene rings is 1. The Morgan fingerprint density at radius 2 is 2.21 bits per heavy atom. The van der Waals surface area contributed by atoms with Gasteiger partial charge in [-0.3, -0.25) is 4.79 Å². The predicted octanol–water partition coefficient (Wildman–Crippen LogP) is 3.23. The van der Waals surface area contributed by atoms with Crippen LogP contribution in [0.15, 0.2) is 22.0 Å². The molecule has 2 rings (SSSR count). The van der Waals surface area contributed by atoms with Gasteiger partial charge in [0.05, 0.1) is 5.69 Å². The third-order valence-electron chi connectivity index (χ3n) is 2.63. The van der Waals surface area contributed by atoms with Crippen molar-refractivity contribution in [1.29, 1.82) is 0 Å². The van der Waals surface area contributed by atoms with Crippen LogP contribution < -0.4 is 11.1 Å². The van der Waals surface area contributed by atoms with Crippen molar-refractivity contribution >= 4 is 38.9 Å². The molecule has 100 valence electrons. The van der Waals surface area contributed by atoms with Crippen LogP contribution in [0.2, 0.25) is 0 Å². The number of rotatable bonds is 3. The fraction of sp³-hybridized carbons (Fsp3) is 0.231. The van der Waals surface area contributed by atoms with Crippen LogP contribution in [0, 0.1) is 13.8 Å². The number of hydrogen-bond acceptors (Lipinski definition) is 4. The minimum absolute atomic E-state index is 0.219. The van der Waals surface area contributed by atoms with E-state index < -0.39 is 0 Å². The summed E-state index contributed by atoms with van der Waals surface area (Å²) in [5.74, 6) is -0.219. The normalized spacial score (nSPS) is 10.5. The highest BCUT2D eigenvalue weighted by molar-refractivity contribution is 9.10. The summed E-state index contributed by atoms with van der Waals surface area (Å²) in [4.78, 5) is 16.3. The Labute approximate surface area is 124 Å². The standard InChI is InChI=1S/C13H14BrN3OS/c1-7-3-8(2)12(9(14)4-7)17-13(18)10-6-19-11(5-15)16-10/h3-4,6H,5,15H2,1-2H3,(H,17,18). The lowest BCUT2D eigenvalue weighted by molar-refractivity contribution is 0.102. The largest absolute Gasteiger partial charge is 0.325 e. The second-order valence-corrected chi connectivity index (χ2v) is 6.02. The molecule has 4 nitrogen and oxygen atoms in total. The molecule has 0 bridgehead atoms. The first-order valence-corrected chi connectivity index (χ1v) is 7.41. The number of amides is 1. The van der Waals surface area contributed by atoms with Crippen LogP contribution in [0.3, 0.4) is 0 Å². The Bertz CT molecular complexity index is 601. The molecule has 1 aromatic heterocycles. The molecule has 1 heterocycles. The summed E-state index contributed by atoms with van der Waals surface area (Å²) in [6, 6.07) is 3.99. The number of anilines is 1. The number of halogens is 1. The average molecular weight is 340 g/mol. The Morgan fingerprint density at radius 3 is 2.79 bits per heavy atom. The molecule has 6 heteroatoms. The van der Waals surface area contributed by atoms with Gasteiger partial charge in [0, 0.05) is 16.4 Å². The average Bonchev–Trinajstić information content (AvgIpc) is 2.82. The van der Waals surface area contributed by atoms with Gasteiger partial charge >= 0.3 is 0 Å². The van der Waals surface area contributed by atoms with Crippen LogP contribution in [0.1, 0.15) is 26.6 Å². The van der Waals surface area contributed by atoms with Crippen LogP contribution in [0.4, 0.5) is 5.69 Å². The number of nitrogens with two attached hydrogens (primary N) is 1. The number of aromatic nitrogens is 1.